The van der Waals surface area contributed by atoms with E-state index in [0.29, 0.717) is 44.4 Å². The molecule has 0 radical (unpaired) electrons. The van der Waals surface area contributed by atoms with Crippen molar-refractivity contribution in [2.75, 3.05) is 10.6 Å². The number of nitrogens with zero attached hydrogens (tertiary/aromatic N) is 1. The Hall–Kier alpha value is -4.17. The number of nitrogens with one attached hydrogen (secondary N) is 4. The predicted molar refractivity (Wildman–Crippen MR) is 129 cm³/mol. The fourth-order valence-corrected chi connectivity index (χ4v) is 4.19. The molecule has 3 amide bonds. The number of aromatic amines is 1. The fraction of sp³-hybridized carbons (Fsp3) is 0.0800. The third-order valence-corrected chi connectivity index (χ3v) is 5.89. The maximum Gasteiger partial charge on any atom is 0.323 e. The molecule has 0 aliphatic carbocycles. The van der Waals surface area contributed by atoms with Gasteiger partial charge < -0.3 is 20.9 Å². The van der Waals surface area contributed by atoms with Crippen molar-refractivity contribution in [1.29, 1.82) is 0 Å². The van der Waals surface area contributed by atoms with Crippen LogP contribution in [0.5, 0.6) is 0 Å². The molecule has 1 aliphatic heterocycles. The van der Waals surface area contributed by atoms with E-state index in [1.165, 1.54) is 6.07 Å². The number of aromatic nitrogens is 2. The van der Waals surface area contributed by atoms with Gasteiger partial charge in [-0.05, 0) is 54.4 Å². The zero-order valence-corrected chi connectivity index (χ0v) is 18.8. The Morgan fingerprint density at radius 3 is 2.56 bits per heavy atom. The number of fused-ring (bicyclic) bond motifs is 1. The molecule has 7 nitrogen and oxygen atoms in total. The molecule has 0 bridgehead atoms. The Balaban J connectivity index is 1.43. The molecule has 170 valence electrons. The maximum atomic E-state index is 15.2. The number of hydrogen-bond donors (Lipinski definition) is 4. The van der Waals surface area contributed by atoms with Gasteiger partial charge in [-0.15, -0.1) is 0 Å². The highest BCUT2D eigenvalue weighted by Gasteiger charge is 2.28. The maximum absolute atomic E-state index is 15.2. The van der Waals surface area contributed by atoms with Gasteiger partial charge in [-0.1, -0.05) is 29.8 Å². The second-order valence-corrected chi connectivity index (χ2v) is 8.27. The topological polar surface area (TPSA) is 98.9 Å². The zero-order chi connectivity index (χ0) is 23.8. The molecular weight excluding hydrogens is 457 g/mol. The molecule has 0 saturated carbocycles. The summed E-state index contributed by atoms with van der Waals surface area (Å²) in [7, 11) is 0. The summed E-state index contributed by atoms with van der Waals surface area (Å²) in [6.45, 7) is 2.17. The number of imidazole rings is 1. The van der Waals surface area contributed by atoms with Crippen LogP contribution in [0.25, 0.3) is 22.5 Å². The van der Waals surface area contributed by atoms with Gasteiger partial charge in [0.1, 0.15) is 11.6 Å². The normalized spacial score (nSPS) is 12.3. The molecule has 4 N–H and O–H groups in total. The van der Waals surface area contributed by atoms with Crippen molar-refractivity contribution >= 4 is 34.9 Å². The molecule has 5 rings (SSSR count). The van der Waals surface area contributed by atoms with Gasteiger partial charge in [0.15, 0.2) is 0 Å². The number of carbonyl (C=O) groups is 2. The lowest BCUT2D eigenvalue weighted by Gasteiger charge is -2.13. The highest BCUT2D eigenvalue weighted by molar-refractivity contribution is 6.33. The van der Waals surface area contributed by atoms with Gasteiger partial charge >= 0.3 is 6.03 Å². The number of amides is 3. The molecule has 34 heavy (non-hydrogen) atoms. The molecule has 1 aromatic heterocycles. The Bertz CT molecular complexity index is 1450. The van der Waals surface area contributed by atoms with Crippen molar-refractivity contribution < 1.29 is 14.0 Å². The van der Waals surface area contributed by atoms with Gasteiger partial charge in [-0.2, -0.15) is 0 Å². The third kappa shape index (κ3) is 3.99. The summed E-state index contributed by atoms with van der Waals surface area (Å²) in [5, 5.41) is 8.44. The van der Waals surface area contributed by atoms with E-state index >= 15 is 4.39 Å². The van der Waals surface area contributed by atoms with Gasteiger partial charge in [-0.3, -0.25) is 4.79 Å². The van der Waals surface area contributed by atoms with Gasteiger partial charge in [-0.25, -0.2) is 14.2 Å². The molecule has 2 heterocycles. The minimum atomic E-state index is -0.547. The average molecular weight is 476 g/mol. The summed E-state index contributed by atoms with van der Waals surface area (Å²) in [6, 6.07) is 14.2. The first kappa shape index (κ1) is 21.7. The Kier molecular flexibility index (Phi) is 5.51. The summed E-state index contributed by atoms with van der Waals surface area (Å²) >= 11 is 6.06. The highest BCUT2D eigenvalue weighted by Crippen LogP contribution is 2.36. The molecular formula is C25H19ClFN5O2. The van der Waals surface area contributed by atoms with Crippen molar-refractivity contribution in [3.63, 3.8) is 0 Å². The molecule has 1 aliphatic rings. The summed E-state index contributed by atoms with van der Waals surface area (Å²) in [6.07, 6.45) is 1.69. The number of rotatable bonds is 4. The van der Waals surface area contributed by atoms with Crippen LogP contribution in [-0.4, -0.2) is 21.9 Å². The first-order valence-electron chi connectivity index (χ1n) is 10.5. The van der Waals surface area contributed by atoms with E-state index in [4.69, 9.17) is 11.6 Å². The van der Waals surface area contributed by atoms with Crippen molar-refractivity contribution in [2.45, 2.75) is 13.5 Å². The predicted octanol–water partition coefficient (Wildman–Crippen LogP) is 5.73. The molecule has 0 saturated heterocycles. The lowest BCUT2D eigenvalue weighted by Crippen LogP contribution is -2.19. The van der Waals surface area contributed by atoms with Crippen molar-refractivity contribution in [3.05, 3.63) is 88.5 Å². The lowest BCUT2D eigenvalue weighted by molar-refractivity contribution is 0.0966. The molecule has 0 unspecified atom stereocenters. The number of aryl methyl sites for hydroxylation is 1. The molecule has 0 spiro atoms. The van der Waals surface area contributed by atoms with E-state index in [9.17, 15) is 9.59 Å². The quantitative estimate of drug-likeness (QED) is 0.303. The summed E-state index contributed by atoms with van der Waals surface area (Å²) in [5.74, 6) is -0.170. The van der Waals surface area contributed by atoms with Crippen LogP contribution in [0.15, 0.2) is 60.8 Å². The van der Waals surface area contributed by atoms with Crippen LogP contribution >= 0.6 is 11.6 Å². The van der Waals surface area contributed by atoms with Gasteiger partial charge in [0.05, 0.1) is 16.3 Å². The first-order valence-corrected chi connectivity index (χ1v) is 10.9. The molecule has 0 fully saturated rings. The van der Waals surface area contributed by atoms with Crippen LogP contribution in [0.3, 0.4) is 0 Å². The van der Waals surface area contributed by atoms with Crippen LogP contribution in [0, 0.1) is 12.7 Å². The molecule has 0 atom stereocenters. The number of benzene rings is 3. The lowest BCUT2D eigenvalue weighted by atomic mass is 9.92. The van der Waals surface area contributed by atoms with E-state index in [-0.39, 0.29) is 18.1 Å². The van der Waals surface area contributed by atoms with Crippen LogP contribution < -0.4 is 16.0 Å². The number of carbonyl (C=O) groups excluding carboxylic acids is 2. The van der Waals surface area contributed by atoms with Gasteiger partial charge in [0, 0.05) is 35.2 Å². The Morgan fingerprint density at radius 2 is 1.82 bits per heavy atom. The van der Waals surface area contributed by atoms with Crippen molar-refractivity contribution in [3.8, 4) is 22.5 Å². The average Bonchev–Trinajstić information content (AvgIpc) is 3.41. The molecule has 9 heteroatoms. The number of para-hydroxylation sites is 1. The smallest absolute Gasteiger partial charge is 0.323 e. The van der Waals surface area contributed by atoms with E-state index < -0.39 is 11.8 Å². The van der Waals surface area contributed by atoms with E-state index in [1.807, 2.05) is 6.92 Å². The minimum absolute atomic E-state index is 0.226. The van der Waals surface area contributed by atoms with Gasteiger partial charge in [0.25, 0.3) is 5.91 Å². The minimum Gasteiger partial charge on any atom is -0.348 e. The number of anilines is 2. The summed E-state index contributed by atoms with van der Waals surface area (Å²) in [5.41, 5.74) is 4.37. The van der Waals surface area contributed by atoms with Crippen molar-refractivity contribution in [1.82, 2.24) is 15.3 Å². The van der Waals surface area contributed by atoms with E-state index in [0.717, 1.165) is 5.69 Å². The fourth-order valence-electron chi connectivity index (χ4n) is 4.01. The molecule has 4 aromatic rings. The van der Waals surface area contributed by atoms with Crippen LogP contribution in [0.2, 0.25) is 5.02 Å². The van der Waals surface area contributed by atoms with E-state index in [1.54, 1.807) is 54.7 Å². The second kappa shape index (κ2) is 8.64. The number of urea groups is 1. The Labute approximate surface area is 199 Å². The summed E-state index contributed by atoms with van der Waals surface area (Å²) in [4.78, 5) is 32.3. The monoisotopic (exact) mass is 475 g/mol. The first-order chi connectivity index (χ1) is 16.4. The number of halogens is 2. The molecule has 3 aromatic carbocycles. The van der Waals surface area contributed by atoms with Crippen LogP contribution in [0.1, 0.15) is 21.6 Å². The Morgan fingerprint density at radius 1 is 1.06 bits per heavy atom. The number of H-pyrrole nitrogens is 1. The van der Waals surface area contributed by atoms with E-state index in [2.05, 4.69) is 25.9 Å². The van der Waals surface area contributed by atoms with Gasteiger partial charge in [0.2, 0.25) is 0 Å². The largest absolute Gasteiger partial charge is 0.348 e. The third-order valence-electron chi connectivity index (χ3n) is 5.56. The number of hydrogen-bond acceptors (Lipinski definition) is 3. The van der Waals surface area contributed by atoms with Crippen molar-refractivity contribution in [2.24, 2.45) is 0 Å². The highest BCUT2D eigenvalue weighted by atomic mass is 35.5. The zero-order valence-electron chi connectivity index (χ0n) is 18.0. The second-order valence-electron chi connectivity index (χ2n) is 7.87. The summed E-state index contributed by atoms with van der Waals surface area (Å²) < 4.78 is 15.2. The standard InChI is InChI=1S/C25H19ClFN5O2/c1-13-11-28-23(30-13)17-9-8-15(18-12-29-24(33)22(17)18)16-7-6-14(10-20(16)27)31-25(34)32-21-5-3-2-4-19(21)26/h2-11H,12H2,1H3,(H,28,30)(H,29,33)(H2,31,32,34). The van der Waals surface area contributed by atoms with Crippen LogP contribution in [0.4, 0.5) is 20.6 Å². The van der Waals surface area contributed by atoms with Crippen LogP contribution in [-0.2, 0) is 6.54 Å². The SMILES string of the molecule is Cc1cnc(-c2ccc(-c3ccc(NC(=O)Nc4ccccc4Cl)cc3F)c3c2C(=O)NC3)[nH]1.